The number of hydrogen-bond donors (Lipinski definition) is 1. The van der Waals surface area contributed by atoms with Crippen LogP contribution in [0.2, 0.25) is 0 Å². The number of esters is 1. The minimum absolute atomic E-state index is 0.309. The molecule has 0 spiro atoms. The molecule has 4 nitrogen and oxygen atoms in total. The van der Waals surface area contributed by atoms with Gasteiger partial charge in [0.05, 0.1) is 6.61 Å². The Balaban J connectivity index is 2.13. The van der Waals surface area contributed by atoms with Gasteiger partial charge in [-0.3, -0.25) is 4.79 Å². The Labute approximate surface area is 150 Å². The summed E-state index contributed by atoms with van der Waals surface area (Å²) in [6, 6.07) is 4.44. The minimum atomic E-state index is -0.730. The zero-order valence-corrected chi connectivity index (χ0v) is 15.4. The molecule has 1 amide bonds. The normalized spacial score (nSPS) is 11.8. The maximum atomic E-state index is 12.8. The van der Waals surface area contributed by atoms with Crippen LogP contribution in [0.25, 0.3) is 0 Å². The van der Waals surface area contributed by atoms with E-state index in [1.807, 2.05) is 0 Å². The average Bonchev–Trinajstić information content (AvgIpc) is 2.60. The van der Waals surface area contributed by atoms with Gasteiger partial charge >= 0.3 is 5.97 Å². The molecular formula is C20H30FNO3. The van der Waals surface area contributed by atoms with Gasteiger partial charge < -0.3 is 10.1 Å². The first kappa shape index (κ1) is 21.1. The predicted octanol–water partition coefficient (Wildman–Crippen LogP) is 4.63. The lowest BCUT2D eigenvalue weighted by Gasteiger charge is -2.13. The molecule has 0 saturated heterocycles. The smallest absolute Gasteiger partial charge is 0.328 e. The van der Waals surface area contributed by atoms with E-state index in [0.29, 0.717) is 12.2 Å². The number of ether oxygens (including phenoxy) is 1. The van der Waals surface area contributed by atoms with E-state index >= 15 is 0 Å². The van der Waals surface area contributed by atoms with Crippen LogP contribution in [0, 0.1) is 5.82 Å². The highest BCUT2D eigenvalue weighted by atomic mass is 19.1. The molecule has 1 N–H and O–H groups in total. The largest absolute Gasteiger partial charge is 0.464 e. The highest BCUT2D eigenvalue weighted by Crippen LogP contribution is 2.08. The lowest BCUT2D eigenvalue weighted by Crippen LogP contribution is -2.39. The molecule has 1 aromatic rings. The number of hydrogen-bond acceptors (Lipinski definition) is 3. The highest BCUT2D eigenvalue weighted by molar-refractivity contribution is 5.96. The van der Waals surface area contributed by atoms with Crippen molar-refractivity contribution in [1.29, 1.82) is 0 Å². The molecule has 0 heterocycles. The molecule has 0 aromatic heterocycles. The number of benzene rings is 1. The van der Waals surface area contributed by atoms with Gasteiger partial charge in [-0.2, -0.15) is 0 Å². The standard InChI is InChI=1S/C20H30FNO3/c1-3-4-5-6-7-8-9-10-15-25-20(24)16(2)22-19(23)17-11-13-18(21)14-12-17/h11-14,16H,3-10,15H2,1-2H3,(H,22,23)/t16-/m0/s1. The fourth-order valence-electron chi connectivity index (χ4n) is 2.47. The maximum Gasteiger partial charge on any atom is 0.328 e. The zero-order valence-electron chi connectivity index (χ0n) is 15.4. The van der Waals surface area contributed by atoms with Crippen molar-refractivity contribution in [3.05, 3.63) is 35.6 Å². The second-order valence-electron chi connectivity index (χ2n) is 6.34. The molecule has 5 heteroatoms. The summed E-state index contributed by atoms with van der Waals surface area (Å²) in [5.41, 5.74) is 0.309. The van der Waals surface area contributed by atoms with Crippen molar-refractivity contribution in [2.24, 2.45) is 0 Å². The van der Waals surface area contributed by atoms with Crippen LogP contribution in [0.3, 0.4) is 0 Å². The van der Waals surface area contributed by atoms with Crippen LogP contribution in [0.15, 0.2) is 24.3 Å². The lowest BCUT2D eigenvalue weighted by atomic mass is 10.1. The van der Waals surface area contributed by atoms with E-state index in [0.717, 1.165) is 19.3 Å². The van der Waals surface area contributed by atoms with E-state index < -0.39 is 23.7 Å². The molecule has 0 bridgehead atoms. The fourth-order valence-corrected chi connectivity index (χ4v) is 2.47. The number of halogens is 1. The van der Waals surface area contributed by atoms with Crippen molar-refractivity contribution >= 4 is 11.9 Å². The molecule has 0 radical (unpaired) electrons. The van der Waals surface area contributed by atoms with E-state index in [1.165, 1.54) is 56.4 Å². The second-order valence-corrected chi connectivity index (χ2v) is 6.34. The van der Waals surface area contributed by atoms with E-state index in [4.69, 9.17) is 4.74 Å². The number of nitrogens with one attached hydrogen (secondary N) is 1. The van der Waals surface area contributed by atoms with Crippen LogP contribution in [0.5, 0.6) is 0 Å². The van der Waals surface area contributed by atoms with Gasteiger partial charge in [-0.05, 0) is 37.6 Å². The Hall–Kier alpha value is -1.91. The van der Waals surface area contributed by atoms with Gasteiger partial charge in [-0.25, -0.2) is 9.18 Å². The number of carbonyl (C=O) groups excluding carboxylic acids is 2. The van der Waals surface area contributed by atoms with Crippen LogP contribution >= 0.6 is 0 Å². The monoisotopic (exact) mass is 351 g/mol. The fraction of sp³-hybridized carbons (Fsp3) is 0.600. The van der Waals surface area contributed by atoms with Crippen molar-refractivity contribution in [2.45, 2.75) is 71.3 Å². The van der Waals surface area contributed by atoms with Gasteiger partial charge in [0.15, 0.2) is 0 Å². The SMILES string of the molecule is CCCCCCCCCCOC(=O)[C@H](C)NC(=O)c1ccc(F)cc1. The Bertz CT molecular complexity index is 516. The van der Waals surface area contributed by atoms with Crippen LogP contribution in [-0.4, -0.2) is 24.5 Å². The molecule has 0 aliphatic rings. The van der Waals surface area contributed by atoms with Crippen LogP contribution < -0.4 is 5.32 Å². The molecule has 0 aliphatic carbocycles. The average molecular weight is 351 g/mol. The number of amides is 1. The zero-order chi connectivity index (χ0) is 18.5. The van der Waals surface area contributed by atoms with Gasteiger partial charge in [-0.1, -0.05) is 51.9 Å². The molecular weight excluding hydrogens is 321 g/mol. The van der Waals surface area contributed by atoms with Crippen molar-refractivity contribution in [3.8, 4) is 0 Å². The van der Waals surface area contributed by atoms with E-state index in [-0.39, 0.29) is 0 Å². The number of rotatable bonds is 12. The molecule has 0 saturated carbocycles. The Morgan fingerprint density at radius 1 is 1.00 bits per heavy atom. The molecule has 1 atom stereocenters. The Morgan fingerprint density at radius 3 is 2.16 bits per heavy atom. The number of carbonyl (C=O) groups is 2. The molecule has 0 fully saturated rings. The molecule has 25 heavy (non-hydrogen) atoms. The van der Waals surface area contributed by atoms with Crippen LogP contribution in [0.4, 0.5) is 4.39 Å². The molecule has 1 aromatic carbocycles. The topological polar surface area (TPSA) is 55.4 Å². The summed E-state index contributed by atoms with van der Waals surface area (Å²) in [5, 5.41) is 2.56. The first-order chi connectivity index (χ1) is 12.0. The molecule has 1 rings (SSSR count). The summed E-state index contributed by atoms with van der Waals surface area (Å²) >= 11 is 0. The van der Waals surface area contributed by atoms with Gasteiger partial charge in [-0.15, -0.1) is 0 Å². The van der Waals surface area contributed by atoms with Gasteiger partial charge in [0.25, 0.3) is 5.91 Å². The van der Waals surface area contributed by atoms with Gasteiger partial charge in [0.1, 0.15) is 11.9 Å². The van der Waals surface area contributed by atoms with Crippen molar-refractivity contribution in [3.63, 3.8) is 0 Å². The van der Waals surface area contributed by atoms with Crippen LogP contribution in [0.1, 0.15) is 75.6 Å². The first-order valence-corrected chi connectivity index (χ1v) is 9.27. The van der Waals surface area contributed by atoms with E-state index in [2.05, 4.69) is 12.2 Å². The number of unbranched alkanes of at least 4 members (excludes halogenated alkanes) is 7. The summed E-state index contributed by atoms with van der Waals surface area (Å²) in [4.78, 5) is 23.8. The van der Waals surface area contributed by atoms with Gasteiger partial charge in [0, 0.05) is 5.56 Å². The predicted molar refractivity (Wildman–Crippen MR) is 96.9 cm³/mol. The van der Waals surface area contributed by atoms with Gasteiger partial charge in [0.2, 0.25) is 0 Å². The highest BCUT2D eigenvalue weighted by Gasteiger charge is 2.17. The Morgan fingerprint density at radius 2 is 1.56 bits per heavy atom. The summed E-state index contributed by atoms with van der Waals surface area (Å²) in [6.07, 6.45) is 9.44. The molecule has 0 unspecified atom stereocenters. The molecule has 140 valence electrons. The Kier molecular flexibility index (Phi) is 10.5. The second kappa shape index (κ2) is 12.5. The summed E-state index contributed by atoms with van der Waals surface area (Å²) < 4.78 is 18.0. The third kappa shape index (κ3) is 9.22. The summed E-state index contributed by atoms with van der Waals surface area (Å²) in [5.74, 6) is -1.27. The molecule has 0 aliphatic heterocycles. The maximum absolute atomic E-state index is 12.8. The first-order valence-electron chi connectivity index (χ1n) is 9.27. The summed E-state index contributed by atoms with van der Waals surface area (Å²) in [7, 11) is 0. The van der Waals surface area contributed by atoms with Crippen molar-refractivity contribution in [2.75, 3.05) is 6.61 Å². The van der Waals surface area contributed by atoms with Crippen molar-refractivity contribution in [1.82, 2.24) is 5.32 Å². The van der Waals surface area contributed by atoms with E-state index in [9.17, 15) is 14.0 Å². The lowest BCUT2D eigenvalue weighted by molar-refractivity contribution is -0.145. The quantitative estimate of drug-likeness (QED) is 0.441. The third-order valence-corrected chi connectivity index (χ3v) is 4.05. The minimum Gasteiger partial charge on any atom is -0.464 e. The van der Waals surface area contributed by atoms with E-state index in [1.54, 1.807) is 6.92 Å². The van der Waals surface area contributed by atoms with Crippen molar-refractivity contribution < 1.29 is 18.7 Å². The third-order valence-electron chi connectivity index (χ3n) is 4.05. The summed E-state index contributed by atoms with van der Waals surface area (Å²) in [6.45, 7) is 4.17. The van der Waals surface area contributed by atoms with Crippen LogP contribution in [-0.2, 0) is 9.53 Å².